The molecule has 4 aromatic rings. The third-order valence-electron chi connectivity index (χ3n) is 8.60. The molecule has 1 saturated carbocycles. The predicted octanol–water partition coefficient (Wildman–Crippen LogP) is 6.08. The van der Waals surface area contributed by atoms with Gasteiger partial charge in [0.2, 0.25) is 11.8 Å². The number of rotatable bonds is 12. The van der Waals surface area contributed by atoms with Crippen LogP contribution in [0.15, 0.2) is 97.1 Å². The first kappa shape index (κ1) is 32.7. The zero-order chi connectivity index (χ0) is 33.7. The number of aliphatic carboxylic acids is 1. The maximum atomic E-state index is 13.0. The van der Waals surface area contributed by atoms with Crippen molar-refractivity contribution in [2.75, 3.05) is 12.4 Å². The van der Waals surface area contributed by atoms with Gasteiger partial charge in [-0.2, -0.15) is 0 Å². The number of hydrogen-bond acceptors (Lipinski definition) is 7. The van der Waals surface area contributed by atoms with E-state index < -0.39 is 41.6 Å². The van der Waals surface area contributed by atoms with Crippen LogP contribution in [0.4, 0.5) is 5.69 Å². The zero-order valence-corrected chi connectivity index (χ0v) is 26.4. The van der Waals surface area contributed by atoms with E-state index in [2.05, 4.69) is 36.6 Å². The van der Waals surface area contributed by atoms with E-state index in [-0.39, 0.29) is 11.9 Å². The first-order valence-corrected chi connectivity index (χ1v) is 15.1. The molecule has 10 heteroatoms. The van der Waals surface area contributed by atoms with Gasteiger partial charge < -0.3 is 30.0 Å². The van der Waals surface area contributed by atoms with Crippen LogP contribution < -0.4 is 20.1 Å². The molecule has 0 spiro atoms. The van der Waals surface area contributed by atoms with Crippen LogP contribution in [0.25, 0.3) is 0 Å². The highest BCUT2D eigenvalue weighted by Gasteiger charge is 2.62. The smallest absolute Gasteiger partial charge is 0.311 e. The molecule has 2 amide bonds. The second kappa shape index (κ2) is 13.8. The summed E-state index contributed by atoms with van der Waals surface area (Å²) >= 11 is 0. The molecule has 10 nitrogen and oxygen atoms in total. The van der Waals surface area contributed by atoms with Crippen LogP contribution in [0, 0.1) is 24.7 Å². The Balaban J connectivity index is 1.20. The molecule has 4 aromatic carbocycles. The van der Waals surface area contributed by atoms with Crippen molar-refractivity contribution in [1.29, 1.82) is 0 Å². The van der Waals surface area contributed by atoms with Crippen LogP contribution in [-0.4, -0.2) is 42.5 Å². The van der Waals surface area contributed by atoms with Gasteiger partial charge in [-0.25, -0.2) is 0 Å². The largest absolute Gasteiger partial charge is 0.481 e. The highest BCUT2D eigenvalue weighted by molar-refractivity contribution is 6.01. The van der Waals surface area contributed by atoms with Gasteiger partial charge in [0, 0.05) is 18.2 Å². The zero-order valence-electron chi connectivity index (χ0n) is 26.4. The molecular weight excluding hydrogens is 600 g/mol. The van der Waals surface area contributed by atoms with Gasteiger partial charge in [0.15, 0.2) is 0 Å². The van der Waals surface area contributed by atoms with Crippen LogP contribution in [-0.2, 0) is 29.3 Å². The molecule has 242 valence electrons. The topological polar surface area (TPSA) is 140 Å². The van der Waals surface area contributed by atoms with Gasteiger partial charge in [0.05, 0.1) is 11.8 Å². The summed E-state index contributed by atoms with van der Waals surface area (Å²) < 4.78 is 16.8. The van der Waals surface area contributed by atoms with Crippen molar-refractivity contribution in [3.05, 3.63) is 114 Å². The summed E-state index contributed by atoms with van der Waals surface area (Å²) in [5.41, 5.74) is 3.51. The van der Waals surface area contributed by atoms with Crippen LogP contribution in [0.3, 0.4) is 0 Å². The molecule has 0 radical (unpaired) electrons. The number of aryl methyl sites for hydroxylation is 1. The number of carbonyl (C=O) groups is 4. The average molecular weight is 637 g/mol. The Morgan fingerprint density at radius 1 is 0.681 bits per heavy atom. The Kier molecular flexibility index (Phi) is 9.60. The monoisotopic (exact) mass is 636 g/mol. The van der Waals surface area contributed by atoms with Crippen molar-refractivity contribution in [3.63, 3.8) is 0 Å². The predicted molar refractivity (Wildman–Crippen MR) is 175 cm³/mol. The van der Waals surface area contributed by atoms with Crippen LogP contribution >= 0.6 is 0 Å². The highest BCUT2D eigenvalue weighted by Crippen LogP contribution is 2.44. The van der Waals surface area contributed by atoms with E-state index in [4.69, 9.17) is 14.2 Å². The third-order valence-corrected chi connectivity index (χ3v) is 8.60. The third kappa shape index (κ3) is 7.12. The normalized spacial score (nSPS) is 18.6. The van der Waals surface area contributed by atoms with E-state index in [1.54, 1.807) is 24.3 Å². The molecule has 0 saturated heterocycles. The van der Waals surface area contributed by atoms with Crippen molar-refractivity contribution in [2.24, 2.45) is 17.8 Å². The molecule has 4 unspecified atom stereocenters. The van der Waals surface area contributed by atoms with Crippen molar-refractivity contribution in [1.82, 2.24) is 5.32 Å². The van der Waals surface area contributed by atoms with Crippen LogP contribution in [0.5, 0.6) is 23.0 Å². The summed E-state index contributed by atoms with van der Waals surface area (Å²) in [6.45, 7) is 6.43. The molecule has 0 aromatic heterocycles. The van der Waals surface area contributed by atoms with Gasteiger partial charge in [-0.1, -0.05) is 55.8 Å². The van der Waals surface area contributed by atoms with Crippen molar-refractivity contribution in [2.45, 2.75) is 32.3 Å². The van der Waals surface area contributed by atoms with Gasteiger partial charge in [0.25, 0.3) is 6.47 Å². The molecule has 3 N–H and O–H groups in total. The van der Waals surface area contributed by atoms with E-state index in [1.807, 2.05) is 67.6 Å². The van der Waals surface area contributed by atoms with E-state index >= 15 is 0 Å². The molecule has 5 rings (SSSR count). The number of carbonyl (C=O) groups excluding carboxylic acids is 3. The van der Waals surface area contributed by atoms with Crippen molar-refractivity contribution >= 4 is 29.9 Å². The lowest BCUT2D eigenvalue weighted by Crippen LogP contribution is -2.64. The van der Waals surface area contributed by atoms with Gasteiger partial charge >= 0.3 is 5.97 Å². The second-order valence-corrected chi connectivity index (χ2v) is 11.9. The summed E-state index contributed by atoms with van der Waals surface area (Å²) in [5.74, 6) is -3.60. The van der Waals surface area contributed by atoms with E-state index in [1.165, 1.54) is 12.6 Å². The summed E-state index contributed by atoms with van der Waals surface area (Å²) in [4.78, 5) is 48.1. The van der Waals surface area contributed by atoms with E-state index in [0.717, 1.165) is 22.6 Å². The number of nitrogens with one attached hydrogen (secondary N) is 2. The van der Waals surface area contributed by atoms with Crippen LogP contribution in [0.2, 0.25) is 0 Å². The first-order valence-electron chi connectivity index (χ1n) is 15.1. The summed E-state index contributed by atoms with van der Waals surface area (Å²) in [7, 11) is 1.36. The highest BCUT2D eigenvalue weighted by atomic mass is 16.5. The molecular formula is C37H36N2O8. The number of benzene rings is 4. The number of hydrogen-bond donors (Lipinski definition) is 3. The first-order chi connectivity index (χ1) is 22.5. The number of carboxylic acids is 1. The SMILES string of the molecule is CNC(=O)C1C(OC=O)C(C(=O)O)C1C(=O)Nc1ccc(Oc2ccc(C(C)(C)c3ccc(Oc4ccc(C)cc4)cc3)cc2)cc1. The summed E-state index contributed by atoms with van der Waals surface area (Å²) in [6.07, 6.45) is -1.24. The molecule has 0 aliphatic heterocycles. The number of ether oxygens (including phenoxy) is 3. The van der Waals surface area contributed by atoms with Crippen molar-refractivity contribution < 1.29 is 38.5 Å². The fraction of sp³-hybridized carbons (Fsp3) is 0.243. The standard InChI is InChI=1S/C37H36N2O8/c1-22-5-13-26(14-6-22)46-27-15-7-23(8-16-27)37(2,3)24-9-17-28(18-10-24)47-29-19-11-25(12-20-29)39-35(42)30-31(34(41)38-4)33(45-21-40)32(30)36(43)44/h5-21,30-33H,1-4H3,(H,38,41)(H,39,42)(H,43,44). The maximum absolute atomic E-state index is 13.0. The lowest BCUT2D eigenvalue weighted by atomic mass is 9.61. The molecule has 1 aliphatic rings. The van der Waals surface area contributed by atoms with Crippen LogP contribution in [0.1, 0.15) is 30.5 Å². The fourth-order valence-corrected chi connectivity index (χ4v) is 5.80. The molecule has 0 heterocycles. The molecule has 0 bridgehead atoms. The Hall–Kier alpha value is -5.64. The molecule has 1 aliphatic carbocycles. The second-order valence-electron chi connectivity index (χ2n) is 11.9. The van der Waals surface area contributed by atoms with Gasteiger partial charge in [-0.15, -0.1) is 0 Å². The summed E-state index contributed by atoms with van der Waals surface area (Å²) in [5, 5.41) is 14.7. The van der Waals surface area contributed by atoms with Crippen molar-refractivity contribution in [3.8, 4) is 23.0 Å². The maximum Gasteiger partial charge on any atom is 0.311 e. The fourth-order valence-electron chi connectivity index (χ4n) is 5.80. The minimum atomic E-state index is -1.35. The lowest BCUT2D eigenvalue weighted by Gasteiger charge is -2.45. The molecule has 4 atom stereocenters. The van der Waals surface area contributed by atoms with E-state index in [9.17, 15) is 24.3 Å². The quantitative estimate of drug-likeness (QED) is 0.159. The Morgan fingerprint density at radius 3 is 1.55 bits per heavy atom. The van der Waals surface area contributed by atoms with Gasteiger partial charge in [-0.05, 0) is 78.7 Å². The Labute approximate surface area is 272 Å². The number of carboxylic acid groups (broad SMARTS) is 1. The molecule has 1 fully saturated rings. The Morgan fingerprint density at radius 2 is 1.13 bits per heavy atom. The minimum Gasteiger partial charge on any atom is -0.481 e. The number of anilines is 1. The molecule has 47 heavy (non-hydrogen) atoms. The average Bonchev–Trinajstić information content (AvgIpc) is 3.05. The minimum absolute atomic E-state index is 0.0832. The summed E-state index contributed by atoms with van der Waals surface area (Å²) in [6, 6.07) is 30.4. The lowest BCUT2D eigenvalue weighted by molar-refractivity contribution is -0.186. The Bertz CT molecular complexity index is 1730. The van der Waals surface area contributed by atoms with Gasteiger partial charge in [-0.3, -0.25) is 19.2 Å². The number of amides is 2. The van der Waals surface area contributed by atoms with E-state index in [0.29, 0.717) is 17.2 Å². The van der Waals surface area contributed by atoms with Gasteiger partial charge in [0.1, 0.15) is 35.0 Å².